The van der Waals surface area contributed by atoms with Gasteiger partial charge in [0.05, 0.1) is 35.7 Å². The first kappa shape index (κ1) is 38.1. The van der Waals surface area contributed by atoms with Crippen molar-refractivity contribution < 1.29 is 48.2 Å². The number of carbonyl (C=O) groups excluding carboxylic acids is 1. The maximum atomic E-state index is 14.0. The lowest BCUT2D eigenvalue weighted by Crippen LogP contribution is -2.60. The van der Waals surface area contributed by atoms with Gasteiger partial charge in [-0.2, -0.15) is 4.91 Å². The highest BCUT2D eigenvalue weighted by molar-refractivity contribution is 5.73. The summed E-state index contributed by atoms with van der Waals surface area (Å²) in [5.74, 6) is -1.83. The second kappa shape index (κ2) is 14.6. The van der Waals surface area contributed by atoms with Crippen LogP contribution in [0, 0.1) is 22.7 Å². The molecule has 13 heteroatoms. The molecule has 16 atom stereocenters. The van der Waals surface area contributed by atoms with Crippen LogP contribution in [-0.4, -0.2) is 121 Å². The van der Waals surface area contributed by atoms with Crippen molar-refractivity contribution in [2.45, 2.75) is 160 Å². The molecule has 0 aromatic rings. The highest BCUT2D eigenvalue weighted by atomic mass is 16.7. The van der Waals surface area contributed by atoms with Gasteiger partial charge in [-0.1, -0.05) is 19.0 Å². The van der Waals surface area contributed by atoms with E-state index in [0.29, 0.717) is 18.6 Å². The first-order valence-electron chi connectivity index (χ1n) is 17.0. The summed E-state index contributed by atoms with van der Waals surface area (Å²) in [6.45, 7) is 16.5. The van der Waals surface area contributed by atoms with E-state index in [1.54, 1.807) is 27.7 Å². The van der Waals surface area contributed by atoms with Gasteiger partial charge in [0.2, 0.25) is 0 Å². The normalized spacial score (nSPS) is 47.2. The monoisotopic (exact) mass is 670 g/mol. The van der Waals surface area contributed by atoms with Gasteiger partial charge < -0.3 is 48.3 Å². The first-order valence-corrected chi connectivity index (χ1v) is 17.0. The van der Waals surface area contributed by atoms with E-state index in [9.17, 15) is 19.9 Å². The maximum absolute atomic E-state index is 14.0. The number of esters is 1. The molecule has 0 aromatic carbocycles. The molecule has 0 spiro atoms. The third-order valence-electron chi connectivity index (χ3n) is 11.0. The molecule has 4 aliphatic heterocycles. The average molecular weight is 671 g/mol. The van der Waals surface area contributed by atoms with Crippen LogP contribution in [0.3, 0.4) is 0 Å². The van der Waals surface area contributed by atoms with Crippen molar-refractivity contribution >= 4 is 5.97 Å². The Morgan fingerprint density at radius 3 is 2.30 bits per heavy atom. The van der Waals surface area contributed by atoms with Crippen LogP contribution in [0.15, 0.2) is 16.5 Å². The third kappa shape index (κ3) is 7.57. The van der Waals surface area contributed by atoms with Gasteiger partial charge in [0.1, 0.15) is 41.8 Å². The van der Waals surface area contributed by atoms with Crippen LogP contribution in [-0.2, 0) is 38.0 Å². The SMILES string of the molecule is COC1(C)C[C@H](O[C@H]2[C@H](C)[C@@H](O[C@@H]3OC(C)CC(N(C)C)C3O)[C@@]3(C)CC(C)=C(O3)[C@H](C)[C@H](C(C)N=O)OC(=O)[C@@H]2C)OC(C)[C@@H]1O. The summed E-state index contributed by atoms with van der Waals surface area (Å²) in [4.78, 5) is 27.7. The number of rotatable bonds is 8. The summed E-state index contributed by atoms with van der Waals surface area (Å²) >= 11 is 0. The van der Waals surface area contributed by atoms with Crippen LogP contribution < -0.4 is 0 Å². The Balaban J connectivity index is 1.79. The van der Waals surface area contributed by atoms with Crippen molar-refractivity contribution in [2.24, 2.45) is 22.9 Å². The number of nitroso groups, excluding NO2 is 1. The summed E-state index contributed by atoms with van der Waals surface area (Å²) in [5.41, 5.74) is -0.998. The molecule has 0 saturated carbocycles. The number of hydrogen-bond acceptors (Lipinski definition) is 13. The number of hydrogen-bond donors (Lipinski definition) is 2. The summed E-state index contributed by atoms with van der Waals surface area (Å²) in [6, 6.07) is -1.05. The van der Waals surface area contributed by atoms with Gasteiger partial charge in [-0.15, -0.1) is 0 Å². The maximum Gasteiger partial charge on any atom is 0.311 e. The van der Waals surface area contributed by atoms with Crippen LogP contribution in [0.1, 0.15) is 81.6 Å². The zero-order chi connectivity index (χ0) is 35.2. The Morgan fingerprint density at radius 2 is 1.70 bits per heavy atom. The van der Waals surface area contributed by atoms with E-state index >= 15 is 0 Å². The molecule has 3 saturated heterocycles. The number of aliphatic hydroxyl groups excluding tert-OH is 2. The highest BCUT2D eigenvalue weighted by Crippen LogP contribution is 2.47. The van der Waals surface area contributed by atoms with E-state index in [4.69, 9.17) is 33.2 Å². The molecular formula is C34H58N2O11. The molecule has 6 unspecified atom stereocenters. The lowest BCUT2D eigenvalue weighted by Gasteiger charge is -2.48. The summed E-state index contributed by atoms with van der Waals surface area (Å²) in [7, 11) is 5.36. The quantitative estimate of drug-likeness (QED) is 0.287. The minimum Gasteiger partial charge on any atom is -0.488 e. The van der Waals surface area contributed by atoms with Gasteiger partial charge in [-0.3, -0.25) is 4.79 Å². The fourth-order valence-corrected chi connectivity index (χ4v) is 8.09. The smallest absolute Gasteiger partial charge is 0.311 e. The number of cyclic esters (lactones) is 1. The zero-order valence-electron chi connectivity index (χ0n) is 30.2. The second-order valence-corrected chi connectivity index (χ2v) is 15.1. The van der Waals surface area contributed by atoms with Crippen LogP contribution in [0.4, 0.5) is 0 Å². The zero-order valence-corrected chi connectivity index (χ0v) is 30.2. The molecule has 4 aliphatic rings. The minimum atomic E-state index is -0.987. The van der Waals surface area contributed by atoms with Gasteiger partial charge in [0, 0.05) is 31.9 Å². The number of likely N-dealkylation sites (N-methyl/N-ethyl adjacent to an activating group) is 1. The van der Waals surface area contributed by atoms with Crippen molar-refractivity contribution in [1.29, 1.82) is 0 Å². The van der Waals surface area contributed by atoms with Crippen LogP contribution in [0.25, 0.3) is 0 Å². The third-order valence-corrected chi connectivity index (χ3v) is 11.0. The number of carbonyl (C=O) groups is 1. The number of nitrogens with zero attached hydrogens (tertiary/aromatic N) is 2. The standard InChI is InChI=1S/C34H58N2O11/c1-16-14-34(9)30(46-32-25(37)23(36(10)11)13-17(2)42-32)19(4)27(44-24-15-33(8,41-12)29(38)22(7)43-24)20(5)31(39)45-28(21(6)35-40)18(3)26(16)47-34/h17-25,27-30,32,37-38H,13-15H2,1-12H3/t17?,18-,19-,20+,21?,22?,23?,24-,25?,27-,28+,29-,30+,32-,33?,34+/m0/s1. The molecule has 4 heterocycles. The number of fused-ring (bicyclic) bond motifs is 2. The van der Waals surface area contributed by atoms with E-state index in [2.05, 4.69) is 5.18 Å². The van der Waals surface area contributed by atoms with Gasteiger partial charge in [0.25, 0.3) is 0 Å². The van der Waals surface area contributed by atoms with Crippen LogP contribution >= 0.6 is 0 Å². The number of aliphatic hydroxyl groups is 2. The molecule has 4 rings (SSSR count). The van der Waals surface area contributed by atoms with Gasteiger partial charge in [-0.25, -0.2) is 0 Å². The van der Waals surface area contributed by atoms with Crippen LogP contribution in [0.5, 0.6) is 0 Å². The topological polar surface area (TPSA) is 155 Å². The van der Waals surface area contributed by atoms with E-state index in [1.165, 1.54) is 7.11 Å². The Labute approximate surface area is 279 Å². The summed E-state index contributed by atoms with van der Waals surface area (Å²) in [6.07, 6.45) is -5.68. The molecule has 0 radical (unpaired) electrons. The van der Waals surface area contributed by atoms with Crippen molar-refractivity contribution in [1.82, 2.24) is 4.90 Å². The Kier molecular flexibility index (Phi) is 11.9. The fourth-order valence-electron chi connectivity index (χ4n) is 8.09. The van der Waals surface area contributed by atoms with Crippen molar-refractivity contribution in [3.05, 3.63) is 16.2 Å². The second-order valence-electron chi connectivity index (χ2n) is 15.1. The van der Waals surface area contributed by atoms with E-state index in [1.807, 2.05) is 53.6 Å². The average Bonchev–Trinajstić information content (AvgIpc) is 3.33. The molecule has 0 amide bonds. The molecule has 47 heavy (non-hydrogen) atoms. The molecule has 0 aliphatic carbocycles. The molecule has 270 valence electrons. The van der Waals surface area contributed by atoms with E-state index in [0.717, 1.165) is 5.57 Å². The van der Waals surface area contributed by atoms with Gasteiger partial charge >= 0.3 is 5.97 Å². The molecule has 2 bridgehead atoms. The Bertz CT molecular complexity index is 1150. The van der Waals surface area contributed by atoms with Crippen molar-refractivity contribution in [2.75, 3.05) is 21.2 Å². The van der Waals surface area contributed by atoms with Gasteiger partial charge in [-0.05, 0) is 74.6 Å². The van der Waals surface area contributed by atoms with Crippen molar-refractivity contribution in [3.63, 3.8) is 0 Å². The summed E-state index contributed by atoms with van der Waals surface area (Å²) < 4.78 is 44.5. The Morgan fingerprint density at radius 1 is 1.04 bits per heavy atom. The first-order chi connectivity index (χ1) is 21.9. The summed E-state index contributed by atoms with van der Waals surface area (Å²) in [5, 5.41) is 25.6. The largest absolute Gasteiger partial charge is 0.488 e. The highest BCUT2D eigenvalue weighted by Gasteiger charge is 2.55. The minimum absolute atomic E-state index is 0.184. The van der Waals surface area contributed by atoms with Crippen LogP contribution in [0.2, 0.25) is 0 Å². The van der Waals surface area contributed by atoms with Crippen molar-refractivity contribution in [3.8, 4) is 0 Å². The molecular weight excluding hydrogens is 612 g/mol. The number of methoxy groups -OCH3 is 1. The lowest BCUT2D eigenvalue weighted by atomic mass is 9.79. The van der Waals surface area contributed by atoms with E-state index < -0.39 is 90.2 Å². The fraction of sp³-hybridized carbons (Fsp3) is 0.912. The molecule has 2 N–H and O–H groups in total. The van der Waals surface area contributed by atoms with Gasteiger partial charge in [0.15, 0.2) is 12.6 Å². The molecule has 3 fully saturated rings. The van der Waals surface area contributed by atoms with E-state index in [-0.39, 0.29) is 18.6 Å². The Hall–Kier alpha value is -1.71. The lowest BCUT2D eigenvalue weighted by molar-refractivity contribution is -0.316. The number of ether oxygens (including phenoxy) is 7. The molecule has 13 nitrogen and oxygen atoms in total. The predicted molar refractivity (Wildman–Crippen MR) is 172 cm³/mol. The molecule has 0 aromatic heterocycles. The predicted octanol–water partition coefficient (Wildman–Crippen LogP) is 3.53.